The van der Waals surface area contributed by atoms with E-state index in [1.54, 1.807) is 14.0 Å². The first-order valence-electron chi connectivity index (χ1n) is 4.93. The van der Waals surface area contributed by atoms with Crippen LogP contribution < -0.4 is 0 Å². The highest BCUT2D eigenvalue weighted by molar-refractivity contribution is 5.24. The maximum absolute atomic E-state index is 9.21. The van der Waals surface area contributed by atoms with Crippen LogP contribution in [0, 0.1) is 0 Å². The molecule has 0 saturated carbocycles. The fourth-order valence-corrected chi connectivity index (χ4v) is 1.40. The second-order valence-corrected chi connectivity index (χ2v) is 3.67. The maximum Gasteiger partial charge on any atom is 0.0793 e. The standard InChI is InChI=1S/C12H18O2/c1-9(13)8-11-4-6-12(7-5-11)10(2)14-3/h4-7,9-10,13H,8H2,1-3H3. The van der Waals surface area contributed by atoms with Crippen LogP contribution in [-0.2, 0) is 11.2 Å². The predicted molar refractivity (Wildman–Crippen MR) is 57.3 cm³/mol. The minimum atomic E-state index is -0.277. The molecular weight excluding hydrogens is 176 g/mol. The zero-order valence-electron chi connectivity index (χ0n) is 9.03. The molecule has 0 fully saturated rings. The van der Waals surface area contributed by atoms with Crippen molar-refractivity contribution in [2.75, 3.05) is 7.11 Å². The number of ether oxygens (including phenoxy) is 1. The second-order valence-electron chi connectivity index (χ2n) is 3.67. The Hall–Kier alpha value is -0.860. The van der Waals surface area contributed by atoms with Crippen molar-refractivity contribution in [2.24, 2.45) is 0 Å². The van der Waals surface area contributed by atoms with Crippen molar-refractivity contribution >= 4 is 0 Å². The van der Waals surface area contributed by atoms with Gasteiger partial charge in [-0.1, -0.05) is 24.3 Å². The molecule has 0 aliphatic rings. The highest BCUT2D eigenvalue weighted by atomic mass is 16.5. The molecule has 0 aromatic heterocycles. The summed E-state index contributed by atoms with van der Waals surface area (Å²) in [5, 5.41) is 9.21. The Bertz CT molecular complexity index is 264. The van der Waals surface area contributed by atoms with Crippen LogP contribution in [0.15, 0.2) is 24.3 Å². The van der Waals surface area contributed by atoms with Crippen LogP contribution in [0.3, 0.4) is 0 Å². The van der Waals surface area contributed by atoms with E-state index in [4.69, 9.17) is 4.74 Å². The quantitative estimate of drug-likeness (QED) is 0.797. The van der Waals surface area contributed by atoms with E-state index in [1.807, 2.05) is 31.2 Å². The van der Waals surface area contributed by atoms with Gasteiger partial charge in [0.2, 0.25) is 0 Å². The van der Waals surface area contributed by atoms with Crippen molar-refractivity contribution < 1.29 is 9.84 Å². The smallest absolute Gasteiger partial charge is 0.0793 e. The SMILES string of the molecule is COC(C)c1ccc(CC(C)O)cc1. The minimum Gasteiger partial charge on any atom is -0.393 e. The molecule has 78 valence electrons. The molecule has 0 aliphatic carbocycles. The summed E-state index contributed by atoms with van der Waals surface area (Å²) in [6.07, 6.45) is 0.568. The van der Waals surface area contributed by atoms with E-state index in [1.165, 1.54) is 5.56 Å². The van der Waals surface area contributed by atoms with Crippen molar-refractivity contribution in [3.05, 3.63) is 35.4 Å². The Balaban J connectivity index is 2.68. The van der Waals surface area contributed by atoms with Crippen LogP contribution in [0.1, 0.15) is 31.1 Å². The van der Waals surface area contributed by atoms with Gasteiger partial charge in [-0.15, -0.1) is 0 Å². The fourth-order valence-electron chi connectivity index (χ4n) is 1.40. The Morgan fingerprint density at radius 1 is 1.21 bits per heavy atom. The summed E-state index contributed by atoms with van der Waals surface area (Å²) in [6, 6.07) is 8.17. The molecule has 0 bridgehead atoms. The molecule has 2 nitrogen and oxygen atoms in total. The number of aliphatic hydroxyl groups is 1. The molecule has 0 amide bonds. The van der Waals surface area contributed by atoms with E-state index in [0.717, 1.165) is 5.56 Å². The molecule has 1 aromatic carbocycles. The summed E-state index contributed by atoms with van der Waals surface area (Å²) in [7, 11) is 1.70. The molecule has 0 heterocycles. The summed E-state index contributed by atoms with van der Waals surface area (Å²) in [6.45, 7) is 3.81. The molecule has 1 aromatic rings. The van der Waals surface area contributed by atoms with Gasteiger partial charge in [-0.2, -0.15) is 0 Å². The monoisotopic (exact) mass is 194 g/mol. The molecule has 2 heteroatoms. The predicted octanol–water partition coefficient (Wildman–Crippen LogP) is 2.32. The van der Waals surface area contributed by atoms with Crippen LogP contribution in [-0.4, -0.2) is 18.3 Å². The second kappa shape index (κ2) is 5.13. The fraction of sp³-hybridized carbons (Fsp3) is 0.500. The normalized spacial score (nSPS) is 15.1. The van der Waals surface area contributed by atoms with Gasteiger partial charge in [0.1, 0.15) is 0 Å². The van der Waals surface area contributed by atoms with Gasteiger partial charge in [0.05, 0.1) is 12.2 Å². The summed E-state index contributed by atoms with van der Waals surface area (Å²) in [5.74, 6) is 0. The van der Waals surface area contributed by atoms with Crippen molar-refractivity contribution in [1.29, 1.82) is 0 Å². The Morgan fingerprint density at radius 3 is 2.21 bits per heavy atom. The van der Waals surface area contributed by atoms with Crippen molar-refractivity contribution in [1.82, 2.24) is 0 Å². The summed E-state index contributed by atoms with van der Waals surface area (Å²) in [5.41, 5.74) is 2.33. The first-order chi connectivity index (χ1) is 6.63. The van der Waals surface area contributed by atoms with Crippen molar-refractivity contribution in [3.63, 3.8) is 0 Å². The Labute approximate surface area is 85.5 Å². The van der Waals surface area contributed by atoms with Gasteiger partial charge in [0, 0.05) is 7.11 Å². The molecule has 0 aliphatic heterocycles. The van der Waals surface area contributed by atoms with Crippen LogP contribution in [0.4, 0.5) is 0 Å². The zero-order chi connectivity index (χ0) is 10.6. The van der Waals surface area contributed by atoms with E-state index in [9.17, 15) is 5.11 Å². The molecule has 1 rings (SSSR count). The van der Waals surface area contributed by atoms with Gasteiger partial charge < -0.3 is 9.84 Å². The van der Waals surface area contributed by atoms with Crippen LogP contribution in [0.25, 0.3) is 0 Å². The van der Waals surface area contributed by atoms with Crippen molar-refractivity contribution in [3.8, 4) is 0 Å². The van der Waals surface area contributed by atoms with E-state index in [2.05, 4.69) is 0 Å². The van der Waals surface area contributed by atoms with Gasteiger partial charge in [0.25, 0.3) is 0 Å². The highest BCUT2D eigenvalue weighted by Crippen LogP contribution is 2.16. The first-order valence-corrected chi connectivity index (χ1v) is 4.93. The number of hydrogen-bond acceptors (Lipinski definition) is 2. The molecular formula is C12H18O2. The number of rotatable bonds is 4. The average Bonchev–Trinajstić information content (AvgIpc) is 2.17. The third-order valence-corrected chi connectivity index (χ3v) is 2.33. The van der Waals surface area contributed by atoms with Crippen LogP contribution in [0.5, 0.6) is 0 Å². The lowest BCUT2D eigenvalue weighted by atomic mass is 10.0. The van der Waals surface area contributed by atoms with E-state index >= 15 is 0 Å². The van der Waals surface area contributed by atoms with Gasteiger partial charge in [-0.05, 0) is 31.4 Å². The zero-order valence-corrected chi connectivity index (χ0v) is 9.03. The summed E-state index contributed by atoms with van der Waals surface area (Å²) >= 11 is 0. The molecule has 0 radical (unpaired) electrons. The minimum absolute atomic E-state index is 0.135. The highest BCUT2D eigenvalue weighted by Gasteiger charge is 2.03. The molecule has 14 heavy (non-hydrogen) atoms. The summed E-state index contributed by atoms with van der Waals surface area (Å²) in [4.78, 5) is 0. The van der Waals surface area contributed by atoms with Crippen LogP contribution >= 0.6 is 0 Å². The third kappa shape index (κ3) is 3.13. The van der Waals surface area contributed by atoms with Gasteiger partial charge in [-0.3, -0.25) is 0 Å². The van der Waals surface area contributed by atoms with Gasteiger partial charge in [-0.25, -0.2) is 0 Å². The number of methoxy groups -OCH3 is 1. The molecule has 1 N–H and O–H groups in total. The molecule has 2 atom stereocenters. The van der Waals surface area contributed by atoms with Crippen LogP contribution in [0.2, 0.25) is 0 Å². The van der Waals surface area contributed by atoms with E-state index in [-0.39, 0.29) is 12.2 Å². The molecule has 0 spiro atoms. The molecule has 2 unspecified atom stereocenters. The largest absolute Gasteiger partial charge is 0.393 e. The lowest BCUT2D eigenvalue weighted by Crippen LogP contribution is -2.04. The van der Waals surface area contributed by atoms with Crippen molar-refractivity contribution in [2.45, 2.75) is 32.5 Å². The topological polar surface area (TPSA) is 29.5 Å². The average molecular weight is 194 g/mol. The summed E-state index contributed by atoms with van der Waals surface area (Å²) < 4.78 is 5.21. The van der Waals surface area contributed by atoms with Gasteiger partial charge in [0.15, 0.2) is 0 Å². The number of hydrogen-bond donors (Lipinski definition) is 1. The van der Waals surface area contributed by atoms with E-state index in [0.29, 0.717) is 6.42 Å². The third-order valence-electron chi connectivity index (χ3n) is 2.33. The maximum atomic E-state index is 9.21. The lowest BCUT2D eigenvalue weighted by molar-refractivity contribution is 0.119. The molecule has 0 saturated heterocycles. The number of benzene rings is 1. The van der Waals surface area contributed by atoms with Gasteiger partial charge >= 0.3 is 0 Å². The Kier molecular flexibility index (Phi) is 4.11. The number of aliphatic hydroxyl groups excluding tert-OH is 1. The van der Waals surface area contributed by atoms with E-state index < -0.39 is 0 Å². The lowest BCUT2D eigenvalue weighted by Gasteiger charge is -2.10. The first kappa shape index (κ1) is 11.2. The Morgan fingerprint density at radius 2 is 1.79 bits per heavy atom.